The molecule has 1 saturated carbocycles. The Bertz CT molecular complexity index is 409. The number of hydrogen-bond donors (Lipinski definition) is 2. The maximum absolute atomic E-state index is 6.01. The Labute approximate surface area is 153 Å². The second-order valence-electron chi connectivity index (χ2n) is 7.68. The van der Waals surface area contributed by atoms with Crippen molar-refractivity contribution in [2.75, 3.05) is 40.0 Å². The predicted molar refractivity (Wildman–Crippen MR) is 101 cm³/mol. The van der Waals surface area contributed by atoms with Crippen molar-refractivity contribution in [1.29, 1.82) is 0 Å². The molecule has 2 N–H and O–H groups in total. The average molecular weight is 356 g/mol. The topological polar surface area (TPSA) is 64.1 Å². The van der Waals surface area contributed by atoms with E-state index in [1.807, 2.05) is 7.05 Å². The Morgan fingerprint density at radius 3 is 2.68 bits per heavy atom. The summed E-state index contributed by atoms with van der Waals surface area (Å²) in [4.78, 5) is 4.34. The van der Waals surface area contributed by atoms with Crippen molar-refractivity contribution >= 4 is 5.96 Å². The largest absolute Gasteiger partial charge is 0.379 e. The zero-order valence-electron chi connectivity index (χ0n) is 16.5. The number of aliphatic imine (C=N–C) groups is 1. The van der Waals surface area contributed by atoms with Gasteiger partial charge in [0.15, 0.2) is 5.96 Å². The van der Waals surface area contributed by atoms with Crippen LogP contribution in [0.15, 0.2) is 4.99 Å². The zero-order chi connectivity index (χ0) is 18.1. The van der Waals surface area contributed by atoms with Crippen LogP contribution in [0.25, 0.3) is 0 Å². The molecule has 3 atom stereocenters. The Hall–Kier alpha value is -0.850. The van der Waals surface area contributed by atoms with Crippen LogP contribution in [0.2, 0.25) is 0 Å². The van der Waals surface area contributed by atoms with E-state index in [0.717, 1.165) is 64.6 Å². The van der Waals surface area contributed by atoms with Gasteiger partial charge in [-0.05, 0) is 25.7 Å². The third kappa shape index (κ3) is 6.12. The van der Waals surface area contributed by atoms with Crippen LogP contribution in [-0.4, -0.2) is 64.2 Å². The molecule has 0 spiro atoms. The van der Waals surface area contributed by atoms with E-state index >= 15 is 0 Å². The Morgan fingerprint density at radius 1 is 1.24 bits per heavy atom. The van der Waals surface area contributed by atoms with E-state index in [0.29, 0.717) is 12.1 Å². The highest BCUT2D eigenvalue weighted by Crippen LogP contribution is 2.42. The monoisotopic (exact) mass is 355 g/mol. The first-order valence-electron chi connectivity index (χ1n) is 9.86. The molecule has 0 aromatic heterocycles. The molecule has 0 aromatic carbocycles. The van der Waals surface area contributed by atoms with Gasteiger partial charge in [-0.1, -0.05) is 27.2 Å². The standard InChI is InChI=1S/C19H37N3O3/c1-5-6-10-25-17-13-16(19(17,2)3)22-18(20-4)21-9-7-11-24-15-8-12-23-14-15/h15-17H,5-14H2,1-4H3,(H2,20,21,22). The van der Waals surface area contributed by atoms with Gasteiger partial charge in [0.2, 0.25) is 0 Å². The molecule has 6 heteroatoms. The van der Waals surface area contributed by atoms with E-state index in [9.17, 15) is 0 Å². The smallest absolute Gasteiger partial charge is 0.191 e. The molecular weight excluding hydrogens is 318 g/mol. The van der Waals surface area contributed by atoms with Crippen molar-refractivity contribution in [3.05, 3.63) is 0 Å². The molecule has 2 aliphatic rings. The fourth-order valence-electron chi connectivity index (χ4n) is 3.32. The highest BCUT2D eigenvalue weighted by molar-refractivity contribution is 5.80. The highest BCUT2D eigenvalue weighted by atomic mass is 16.5. The van der Waals surface area contributed by atoms with Crippen LogP contribution in [0.1, 0.15) is 52.9 Å². The molecule has 2 rings (SSSR count). The van der Waals surface area contributed by atoms with Gasteiger partial charge in [0.25, 0.3) is 0 Å². The average Bonchev–Trinajstić information content (AvgIpc) is 3.11. The van der Waals surface area contributed by atoms with Crippen LogP contribution >= 0.6 is 0 Å². The van der Waals surface area contributed by atoms with Gasteiger partial charge in [0.05, 0.1) is 18.8 Å². The van der Waals surface area contributed by atoms with Gasteiger partial charge >= 0.3 is 0 Å². The Morgan fingerprint density at radius 2 is 2.04 bits per heavy atom. The number of ether oxygens (including phenoxy) is 3. The third-order valence-electron chi connectivity index (χ3n) is 5.38. The maximum Gasteiger partial charge on any atom is 0.191 e. The molecule has 1 saturated heterocycles. The van der Waals surface area contributed by atoms with Gasteiger partial charge in [-0.25, -0.2) is 0 Å². The molecule has 2 fully saturated rings. The fraction of sp³-hybridized carbons (Fsp3) is 0.947. The summed E-state index contributed by atoms with van der Waals surface area (Å²) in [6, 6.07) is 0.400. The Balaban J connectivity index is 1.59. The molecule has 146 valence electrons. The van der Waals surface area contributed by atoms with Crippen molar-refractivity contribution < 1.29 is 14.2 Å². The summed E-state index contributed by atoms with van der Waals surface area (Å²) >= 11 is 0. The number of unbranched alkanes of at least 4 members (excludes halogenated alkanes) is 1. The van der Waals surface area contributed by atoms with Gasteiger partial charge in [-0.15, -0.1) is 0 Å². The minimum Gasteiger partial charge on any atom is -0.379 e. The van der Waals surface area contributed by atoms with E-state index in [-0.39, 0.29) is 11.5 Å². The van der Waals surface area contributed by atoms with Crippen LogP contribution in [0.4, 0.5) is 0 Å². The van der Waals surface area contributed by atoms with Crippen LogP contribution in [-0.2, 0) is 14.2 Å². The minimum atomic E-state index is 0.136. The lowest BCUT2D eigenvalue weighted by atomic mass is 9.64. The van der Waals surface area contributed by atoms with E-state index in [2.05, 4.69) is 36.4 Å². The lowest BCUT2D eigenvalue weighted by Gasteiger charge is -2.52. The molecular formula is C19H37N3O3. The summed E-state index contributed by atoms with van der Waals surface area (Å²) in [5, 5.41) is 6.93. The second-order valence-corrected chi connectivity index (χ2v) is 7.68. The minimum absolute atomic E-state index is 0.136. The van der Waals surface area contributed by atoms with Crippen molar-refractivity contribution in [2.24, 2.45) is 10.4 Å². The van der Waals surface area contributed by atoms with Gasteiger partial charge in [-0.2, -0.15) is 0 Å². The van der Waals surface area contributed by atoms with Gasteiger partial charge < -0.3 is 24.8 Å². The lowest BCUT2D eigenvalue weighted by molar-refractivity contribution is -0.113. The second kappa shape index (κ2) is 10.3. The summed E-state index contributed by atoms with van der Waals surface area (Å²) in [5.74, 6) is 0.870. The van der Waals surface area contributed by atoms with E-state index < -0.39 is 0 Å². The Kier molecular flexibility index (Phi) is 8.46. The molecule has 6 nitrogen and oxygen atoms in total. The van der Waals surface area contributed by atoms with Crippen LogP contribution in [0.5, 0.6) is 0 Å². The zero-order valence-corrected chi connectivity index (χ0v) is 16.5. The van der Waals surface area contributed by atoms with Gasteiger partial charge in [0, 0.05) is 44.9 Å². The lowest BCUT2D eigenvalue weighted by Crippen LogP contribution is -2.63. The van der Waals surface area contributed by atoms with Crippen LogP contribution in [0.3, 0.4) is 0 Å². The molecule has 3 unspecified atom stereocenters. The predicted octanol–water partition coefficient (Wildman–Crippen LogP) is 2.33. The van der Waals surface area contributed by atoms with Crippen molar-refractivity contribution in [1.82, 2.24) is 10.6 Å². The van der Waals surface area contributed by atoms with Crippen molar-refractivity contribution in [3.63, 3.8) is 0 Å². The molecule has 1 aliphatic carbocycles. The maximum atomic E-state index is 6.01. The normalized spacial score (nSPS) is 28.6. The van der Waals surface area contributed by atoms with Gasteiger partial charge in [0.1, 0.15) is 0 Å². The number of hydrogen-bond acceptors (Lipinski definition) is 4. The molecule has 1 heterocycles. The fourth-order valence-corrected chi connectivity index (χ4v) is 3.32. The summed E-state index contributed by atoms with van der Waals surface area (Å²) in [7, 11) is 1.82. The van der Waals surface area contributed by atoms with E-state index in [1.54, 1.807) is 0 Å². The molecule has 1 aliphatic heterocycles. The molecule has 25 heavy (non-hydrogen) atoms. The summed E-state index contributed by atoms with van der Waals surface area (Å²) < 4.78 is 17.1. The molecule has 0 radical (unpaired) electrons. The molecule has 0 bridgehead atoms. The van der Waals surface area contributed by atoms with Crippen LogP contribution < -0.4 is 10.6 Å². The molecule has 0 aromatic rings. The van der Waals surface area contributed by atoms with E-state index in [1.165, 1.54) is 6.42 Å². The first-order valence-corrected chi connectivity index (χ1v) is 9.86. The number of rotatable bonds is 10. The number of nitrogens with zero attached hydrogens (tertiary/aromatic N) is 1. The number of guanidine groups is 1. The number of nitrogens with one attached hydrogen (secondary N) is 2. The van der Waals surface area contributed by atoms with Crippen molar-refractivity contribution in [3.8, 4) is 0 Å². The first-order chi connectivity index (χ1) is 12.1. The van der Waals surface area contributed by atoms with Crippen molar-refractivity contribution in [2.45, 2.75) is 71.1 Å². The quantitative estimate of drug-likeness (QED) is 0.358. The third-order valence-corrected chi connectivity index (χ3v) is 5.38. The van der Waals surface area contributed by atoms with Crippen LogP contribution in [0, 0.1) is 5.41 Å². The van der Waals surface area contributed by atoms with Gasteiger partial charge in [-0.3, -0.25) is 4.99 Å². The van der Waals surface area contributed by atoms with E-state index in [4.69, 9.17) is 14.2 Å². The SMILES string of the molecule is CCCCOC1CC(NC(=NC)NCCCOC2CCOC2)C1(C)C. The molecule has 0 amide bonds. The summed E-state index contributed by atoms with van der Waals surface area (Å²) in [5.41, 5.74) is 0.136. The highest BCUT2D eigenvalue weighted by Gasteiger charge is 2.49. The first kappa shape index (κ1) is 20.5. The summed E-state index contributed by atoms with van der Waals surface area (Å²) in [6.45, 7) is 10.8. The summed E-state index contributed by atoms with van der Waals surface area (Å²) in [6.07, 6.45) is 5.99.